The van der Waals surface area contributed by atoms with E-state index in [0.717, 1.165) is 23.5 Å². The fraction of sp³-hybridized carbons (Fsp3) is 0.417. The molecule has 3 aromatic rings. The monoisotopic (exact) mass is 437 g/mol. The standard InChI is InChI=1S/C24H28FN5O2/c1-4-30-15(2)18(13-26-30)14-29(3)24(32)17-7-11-20-21(12-8-17)27-22(28-23(20)31)16-5-9-19(25)10-6-16/h5-6,9-10,13,17H,4,7-8,11-12,14H2,1-3H3,(H,27,28,31). The molecule has 0 bridgehead atoms. The number of carbonyl (C=O) groups is 1. The van der Waals surface area contributed by atoms with Crippen LogP contribution in [0.2, 0.25) is 0 Å². The van der Waals surface area contributed by atoms with Gasteiger partial charge in [0.05, 0.1) is 11.9 Å². The molecule has 2 heterocycles. The molecule has 1 atom stereocenters. The number of H-pyrrole nitrogens is 1. The molecule has 1 N–H and O–H groups in total. The number of halogens is 1. The van der Waals surface area contributed by atoms with Crippen molar-refractivity contribution in [1.82, 2.24) is 24.6 Å². The number of aryl methyl sites for hydroxylation is 2. The predicted molar refractivity (Wildman–Crippen MR) is 119 cm³/mol. The van der Waals surface area contributed by atoms with Crippen molar-refractivity contribution in [3.63, 3.8) is 0 Å². The van der Waals surface area contributed by atoms with Crippen LogP contribution in [-0.4, -0.2) is 37.6 Å². The van der Waals surface area contributed by atoms with Gasteiger partial charge in [-0.3, -0.25) is 14.3 Å². The van der Waals surface area contributed by atoms with Gasteiger partial charge in [0.25, 0.3) is 5.56 Å². The van der Waals surface area contributed by atoms with Crippen LogP contribution in [0.15, 0.2) is 35.3 Å². The zero-order valence-corrected chi connectivity index (χ0v) is 18.7. The van der Waals surface area contributed by atoms with Gasteiger partial charge < -0.3 is 9.88 Å². The molecule has 8 heteroatoms. The number of aromatic amines is 1. The summed E-state index contributed by atoms with van der Waals surface area (Å²) in [5.74, 6) is 0.00802. The summed E-state index contributed by atoms with van der Waals surface area (Å²) in [5, 5.41) is 4.36. The first-order valence-electron chi connectivity index (χ1n) is 11.0. The molecule has 1 amide bonds. The second-order valence-corrected chi connectivity index (χ2v) is 8.39. The SMILES string of the molecule is CCn1ncc(CN(C)C(=O)C2CCc3nc(-c4ccc(F)cc4)[nH]c(=O)c3CC2)c1C. The van der Waals surface area contributed by atoms with Crippen molar-refractivity contribution in [2.75, 3.05) is 7.05 Å². The summed E-state index contributed by atoms with van der Waals surface area (Å²) in [5.41, 5.74) is 3.97. The highest BCUT2D eigenvalue weighted by Crippen LogP contribution is 2.25. The van der Waals surface area contributed by atoms with Crippen LogP contribution in [0.4, 0.5) is 4.39 Å². The van der Waals surface area contributed by atoms with E-state index in [9.17, 15) is 14.0 Å². The Hall–Kier alpha value is -3.29. The number of aromatic nitrogens is 4. The lowest BCUT2D eigenvalue weighted by molar-refractivity contribution is -0.135. The number of rotatable bonds is 5. The van der Waals surface area contributed by atoms with Crippen molar-refractivity contribution in [2.24, 2.45) is 5.92 Å². The lowest BCUT2D eigenvalue weighted by Gasteiger charge is -2.22. The molecule has 0 radical (unpaired) electrons. The molecule has 0 saturated heterocycles. The number of fused-ring (bicyclic) bond motifs is 1. The quantitative estimate of drug-likeness (QED) is 0.621. The fourth-order valence-electron chi connectivity index (χ4n) is 4.38. The number of nitrogens with zero attached hydrogens (tertiary/aromatic N) is 4. The third kappa shape index (κ3) is 4.35. The van der Waals surface area contributed by atoms with Gasteiger partial charge in [-0.25, -0.2) is 9.37 Å². The van der Waals surface area contributed by atoms with Gasteiger partial charge in [0.1, 0.15) is 11.6 Å². The Kier molecular flexibility index (Phi) is 6.21. The topological polar surface area (TPSA) is 83.9 Å². The van der Waals surface area contributed by atoms with Crippen molar-refractivity contribution in [3.8, 4) is 11.4 Å². The Morgan fingerprint density at radius 2 is 1.97 bits per heavy atom. The molecule has 7 nitrogen and oxygen atoms in total. The van der Waals surface area contributed by atoms with Gasteiger partial charge in [-0.1, -0.05) is 0 Å². The molecule has 0 aliphatic heterocycles. The first-order valence-corrected chi connectivity index (χ1v) is 11.0. The minimum absolute atomic E-state index is 0.0802. The molecule has 0 saturated carbocycles. The van der Waals surface area contributed by atoms with Crippen molar-refractivity contribution in [2.45, 2.75) is 52.6 Å². The molecule has 4 rings (SSSR count). The van der Waals surface area contributed by atoms with Crippen molar-refractivity contribution >= 4 is 5.91 Å². The van der Waals surface area contributed by atoms with Crippen LogP contribution in [-0.2, 0) is 30.7 Å². The van der Waals surface area contributed by atoms with E-state index in [-0.39, 0.29) is 23.2 Å². The van der Waals surface area contributed by atoms with Gasteiger partial charge in [-0.15, -0.1) is 0 Å². The highest BCUT2D eigenvalue weighted by Gasteiger charge is 2.27. The zero-order valence-electron chi connectivity index (χ0n) is 18.7. The van der Waals surface area contributed by atoms with E-state index in [2.05, 4.69) is 15.1 Å². The number of hydrogen-bond acceptors (Lipinski definition) is 4. The molecule has 1 unspecified atom stereocenters. The van der Waals surface area contributed by atoms with Gasteiger partial charge in [0.2, 0.25) is 5.91 Å². The number of carbonyl (C=O) groups excluding carboxylic acids is 1. The minimum atomic E-state index is -0.339. The lowest BCUT2D eigenvalue weighted by atomic mass is 9.98. The lowest BCUT2D eigenvalue weighted by Crippen LogP contribution is -2.33. The number of hydrogen-bond donors (Lipinski definition) is 1. The van der Waals surface area contributed by atoms with E-state index in [1.54, 1.807) is 17.0 Å². The highest BCUT2D eigenvalue weighted by molar-refractivity contribution is 5.78. The molecule has 1 aromatic carbocycles. The normalized spacial score (nSPS) is 15.8. The van der Waals surface area contributed by atoms with Crippen molar-refractivity contribution < 1.29 is 9.18 Å². The summed E-state index contributed by atoms with van der Waals surface area (Å²) < 4.78 is 15.2. The van der Waals surface area contributed by atoms with Crippen LogP contribution in [0.3, 0.4) is 0 Å². The average molecular weight is 438 g/mol. The van der Waals surface area contributed by atoms with E-state index in [0.29, 0.717) is 49.2 Å². The summed E-state index contributed by atoms with van der Waals surface area (Å²) in [6.45, 7) is 5.37. The molecular formula is C24H28FN5O2. The second-order valence-electron chi connectivity index (χ2n) is 8.39. The van der Waals surface area contributed by atoms with Crippen LogP contribution in [0, 0.1) is 18.7 Å². The van der Waals surface area contributed by atoms with E-state index in [4.69, 9.17) is 0 Å². The van der Waals surface area contributed by atoms with Crippen LogP contribution in [0.5, 0.6) is 0 Å². The van der Waals surface area contributed by atoms with E-state index >= 15 is 0 Å². The minimum Gasteiger partial charge on any atom is -0.341 e. The van der Waals surface area contributed by atoms with E-state index in [1.165, 1.54) is 12.1 Å². The molecule has 1 aliphatic rings. The first kappa shape index (κ1) is 21.9. The van der Waals surface area contributed by atoms with Crippen molar-refractivity contribution in [1.29, 1.82) is 0 Å². The van der Waals surface area contributed by atoms with Gasteiger partial charge in [-0.2, -0.15) is 5.10 Å². The molecule has 2 aromatic heterocycles. The summed E-state index contributed by atoms with van der Waals surface area (Å²) in [4.78, 5) is 35.1. The largest absolute Gasteiger partial charge is 0.341 e. The number of nitrogens with one attached hydrogen (secondary N) is 1. The number of benzene rings is 1. The maximum absolute atomic E-state index is 13.2. The van der Waals surface area contributed by atoms with E-state index < -0.39 is 0 Å². The summed E-state index contributed by atoms with van der Waals surface area (Å²) in [7, 11) is 1.82. The predicted octanol–water partition coefficient (Wildman–Crippen LogP) is 3.25. The smallest absolute Gasteiger partial charge is 0.254 e. The first-order chi connectivity index (χ1) is 15.4. The summed E-state index contributed by atoms with van der Waals surface area (Å²) in [6.07, 6.45) is 4.15. The molecule has 32 heavy (non-hydrogen) atoms. The van der Waals surface area contributed by atoms with Gasteiger partial charge in [-0.05, 0) is 63.8 Å². The Bertz CT molecular complexity index is 1180. The molecule has 1 aliphatic carbocycles. The molecule has 0 fully saturated rings. The Morgan fingerprint density at radius 1 is 1.25 bits per heavy atom. The van der Waals surface area contributed by atoms with E-state index in [1.807, 2.05) is 31.8 Å². The molecule has 0 spiro atoms. The van der Waals surface area contributed by atoms with Crippen LogP contribution < -0.4 is 5.56 Å². The highest BCUT2D eigenvalue weighted by atomic mass is 19.1. The number of amides is 1. The van der Waals surface area contributed by atoms with Crippen LogP contribution in [0.1, 0.15) is 42.3 Å². The fourth-order valence-corrected chi connectivity index (χ4v) is 4.38. The second kappa shape index (κ2) is 9.06. The summed E-state index contributed by atoms with van der Waals surface area (Å²) >= 11 is 0. The maximum Gasteiger partial charge on any atom is 0.254 e. The van der Waals surface area contributed by atoms with Gasteiger partial charge >= 0.3 is 0 Å². The van der Waals surface area contributed by atoms with Crippen molar-refractivity contribution in [3.05, 3.63) is 69.1 Å². The maximum atomic E-state index is 13.2. The van der Waals surface area contributed by atoms with Crippen LogP contribution >= 0.6 is 0 Å². The zero-order chi connectivity index (χ0) is 22.8. The third-order valence-corrected chi connectivity index (χ3v) is 6.33. The average Bonchev–Trinajstić information content (AvgIpc) is 2.99. The van der Waals surface area contributed by atoms with Crippen LogP contribution in [0.25, 0.3) is 11.4 Å². The molecule has 168 valence electrons. The van der Waals surface area contributed by atoms with Gasteiger partial charge in [0, 0.05) is 48.4 Å². The Balaban J connectivity index is 1.48. The Labute approximate surface area is 186 Å². The Morgan fingerprint density at radius 3 is 2.66 bits per heavy atom. The summed E-state index contributed by atoms with van der Waals surface area (Å²) in [6, 6.07) is 5.89. The third-order valence-electron chi connectivity index (χ3n) is 6.33. The van der Waals surface area contributed by atoms with Gasteiger partial charge in [0.15, 0.2) is 0 Å². The molecular weight excluding hydrogens is 409 g/mol.